The molecule has 8 nitrogen and oxygen atoms in total. The Kier molecular flexibility index (Phi) is 7.43. The molecule has 178 valence electrons. The van der Waals surface area contributed by atoms with Gasteiger partial charge >= 0.3 is 6.03 Å². The van der Waals surface area contributed by atoms with Gasteiger partial charge in [-0.15, -0.1) is 0 Å². The lowest BCUT2D eigenvalue weighted by molar-refractivity contribution is -0.226. The maximum absolute atomic E-state index is 12.6. The monoisotopic (exact) mass is 440 g/mol. The predicted octanol–water partition coefficient (Wildman–Crippen LogP) is 3.58. The molecule has 4 fully saturated rings. The average Bonchev–Trinajstić information content (AvgIpc) is 3.48. The molecule has 0 unspecified atom stereocenters. The molecule has 2 N–H and O–H groups in total. The zero-order chi connectivity index (χ0) is 21.9. The van der Waals surface area contributed by atoms with Crippen molar-refractivity contribution in [2.45, 2.75) is 127 Å². The molecule has 1 saturated carbocycles. The molecule has 1 spiro atoms. The van der Waals surface area contributed by atoms with Gasteiger partial charge in [-0.1, -0.05) is 39.0 Å². The van der Waals surface area contributed by atoms with Gasteiger partial charge in [0, 0.05) is 19.4 Å². The van der Waals surface area contributed by atoms with E-state index in [2.05, 4.69) is 17.6 Å². The van der Waals surface area contributed by atoms with Crippen LogP contribution in [-0.2, 0) is 23.7 Å². The largest absolute Gasteiger partial charge is 0.347 e. The fraction of sp³-hybridized carbons (Fsp3) is 0.957. The number of amides is 2. The van der Waals surface area contributed by atoms with Gasteiger partial charge in [-0.25, -0.2) is 4.79 Å². The predicted molar refractivity (Wildman–Crippen MR) is 114 cm³/mol. The van der Waals surface area contributed by atoms with Crippen molar-refractivity contribution in [3.8, 4) is 0 Å². The number of carbonyl (C=O) groups is 1. The number of hydrogen-bond donors (Lipinski definition) is 2. The second-order valence-corrected chi connectivity index (χ2v) is 9.85. The minimum absolute atomic E-state index is 0.199. The summed E-state index contributed by atoms with van der Waals surface area (Å²) >= 11 is 0. The first-order chi connectivity index (χ1) is 14.9. The minimum Gasteiger partial charge on any atom is -0.347 e. The summed E-state index contributed by atoms with van der Waals surface area (Å²) in [5, 5.41) is 6.08. The summed E-state index contributed by atoms with van der Waals surface area (Å²) in [6.45, 7) is 7.07. The third kappa shape index (κ3) is 5.53. The summed E-state index contributed by atoms with van der Waals surface area (Å²) in [6.07, 6.45) is 9.71. The molecule has 8 heteroatoms. The van der Waals surface area contributed by atoms with Crippen LogP contribution in [0.25, 0.3) is 0 Å². The molecule has 2 amide bonds. The van der Waals surface area contributed by atoms with Gasteiger partial charge in [-0.05, 0) is 33.1 Å². The Morgan fingerprint density at radius 2 is 1.71 bits per heavy atom. The van der Waals surface area contributed by atoms with E-state index in [-0.39, 0.29) is 30.4 Å². The van der Waals surface area contributed by atoms with Crippen LogP contribution >= 0.6 is 0 Å². The molecular weight excluding hydrogens is 400 g/mol. The lowest BCUT2D eigenvalue weighted by Crippen LogP contribution is -2.55. The molecule has 3 aliphatic heterocycles. The highest BCUT2D eigenvalue weighted by Gasteiger charge is 2.59. The van der Waals surface area contributed by atoms with Crippen molar-refractivity contribution in [2.75, 3.05) is 13.2 Å². The van der Waals surface area contributed by atoms with Gasteiger partial charge in [0.25, 0.3) is 0 Å². The van der Waals surface area contributed by atoms with E-state index in [1.165, 1.54) is 25.7 Å². The smallest absolute Gasteiger partial charge is 0.315 e. The third-order valence-electron chi connectivity index (χ3n) is 6.81. The average molecular weight is 441 g/mol. The quantitative estimate of drug-likeness (QED) is 0.533. The molecule has 0 aromatic carbocycles. The Hall–Kier alpha value is -0.930. The van der Waals surface area contributed by atoms with Crippen molar-refractivity contribution in [3.63, 3.8) is 0 Å². The maximum Gasteiger partial charge on any atom is 0.315 e. The number of ether oxygens (including phenoxy) is 5. The highest BCUT2D eigenvalue weighted by atomic mass is 16.8. The zero-order valence-electron chi connectivity index (χ0n) is 19.3. The van der Waals surface area contributed by atoms with Crippen LogP contribution < -0.4 is 10.6 Å². The second kappa shape index (κ2) is 9.91. The first kappa shape index (κ1) is 23.2. The van der Waals surface area contributed by atoms with E-state index in [0.29, 0.717) is 13.2 Å². The van der Waals surface area contributed by atoms with E-state index in [1.54, 1.807) is 0 Å². The fourth-order valence-corrected chi connectivity index (χ4v) is 5.24. The van der Waals surface area contributed by atoms with Crippen LogP contribution in [-0.4, -0.2) is 61.4 Å². The van der Waals surface area contributed by atoms with Crippen molar-refractivity contribution < 1.29 is 28.5 Å². The number of rotatable bonds is 9. The van der Waals surface area contributed by atoms with Crippen LogP contribution in [0.4, 0.5) is 4.79 Å². The topological polar surface area (TPSA) is 87.3 Å². The highest BCUT2D eigenvalue weighted by molar-refractivity contribution is 5.74. The van der Waals surface area contributed by atoms with Gasteiger partial charge in [0.2, 0.25) is 0 Å². The van der Waals surface area contributed by atoms with Gasteiger partial charge in [0.1, 0.15) is 18.3 Å². The molecule has 1 aliphatic carbocycles. The highest BCUT2D eigenvalue weighted by Crippen LogP contribution is 2.44. The lowest BCUT2D eigenvalue weighted by Gasteiger charge is -2.30. The molecule has 3 heterocycles. The molecule has 0 bridgehead atoms. The number of carbonyl (C=O) groups excluding carboxylic acids is 1. The summed E-state index contributed by atoms with van der Waals surface area (Å²) < 4.78 is 30.6. The van der Waals surface area contributed by atoms with E-state index >= 15 is 0 Å². The minimum atomic E-state index is -0.741. The van der Waals surface area contributed by atoms with Gasteiger partial charge in [-0.2, -0.15) is 0 Å². The number of urea groups is 1. The van der Waals surface area contributed by atoms with E-state index < -0.39 is 17.9 Å². The van der Waals surface area contributed by atoms with Crippen LogP contribution in [0.15, 0.2) is 0 Å². The zero-order valence-corrected chi connectivity index (χ0v) is 19.3. The van der Waals surface area contributed by atoms with Crippen LogP contribution in [0.3, 0.4) is 0 Å². The van der Waals surface area contributed by atoms with Gasteiger partial charge in [-0.3, -0.25) is 0 Å². The van der Waals surface area contributed by atoms with Crippen molar-refractivity contribution >= 4 is 6.03 Å². The van der Waals surface area contributed by atoms with Gasteiger partial charge in [0.05, 0.1) is 12.6 Å². The molecule has 31 heavy (non-hydrogen) atoms. The number of hydrogen-bond acceptors (Lipinski definition) is 6. The number of fused-ring (bicyclic) bond motifs is 1. The number of nitrogens with one attached hydrogen (secondary N) is 2. The fourth-order valence-electron chi connectivity index (χ4n) is 5.24. The SMILES string of the molecule is CCCCCCCCNC(=O)N[C@@H]1[C@H]2OC(C)(C)O[C@H]2O[C@@H]1[C@H]1COC2(CCCC2)O1. The first-order valence-electron chi connectivity index (χ1n) is 12.3. The molecular formula is C23H40N2O6. The summed E-state index contributed by atoms with van der Waals surface area (Å²) in [7, 11) is 0. The molecule has 0 aromatic rings. The molecule has 4 rings (SSSR count). The van der Waals surface area contributed by atoms with Crippen LogP contribution in [0.1, 0.15) is 85.0 Å². The summed E-state index contributed by atoms with van der Waals surface area (Å²) in [5.41, 5.74) is 0. The Morgan fingerprint density at radius 3 is 2.48 bits per heavy atom. The van der Waals surface area contributed by atoms with E-state index in [1.807, 2.05) is 13.8 Å². The van der Waals surface area contributed by atoms with Gasteiger partial charge in [0.15, 0.2) is 17.9 Å². The Labute approximate surface area is 186 Å². The van der Waals surface area contributed by atoms with E-state index in [4.69, 9.17) is 23.7 Å². The van der Waals surface area contributed by atoms with Crippen LogP contribution in [0.2, 0.25) is 0 Å². The Morgan fingerprint density at radius 1 is 0.968 bits per heavy atom. The Bertz CT molecular complexity index is 609. The molecule has 4 aliphatic rings. The first-order valence-corrected chi connectivity index (χ1v) is 12.3. The van der Waals surface area contributed by atoms with Crippen LogP contribution in [0.5, 0.6) is 0 Å². The molecule has 0 aromatic heterocycles. The van der Waals surface area contributed by atoms with Crippen molar-refractivity contribution in [1.82, 2.24) is 10.6 Å². The lowest BCUT2D eigenvalue weighted by atomic mass is 10.0. The van der Waals surface area contributed by atoms with Gasteiger partial charge < -0.3 is 34.3 Å². The van der Waals surface area contributed by atoms with Crippen molar-refractivity contribution in [2.24, 2.45) is 0 Å². The summed E-state index contributed by atoms with van der Waals surface area (Å²) in [6, 6.07) is -0.558. The molecule has 5 atom stereocenters. The van der Waals surface area contributed by atoms with E-state index in [9.17, 15) is 4.79 Å². The maximum atomic E-state index is 12.6. The van der Waals surface area contributed by atoms with Crippen molar-refractivity contribution in [3.05, 3.63) is 0 Å². The second-order valence-electron chi connectivity index (χ2n) is 9.85. The van der Waals surface area contributed by atoms with Crippen LogP contribution in [0, 0.1) is 0 Å². The van der Waals surface area contributed by atoms with E-state index in [0.717, 1.165) is 38.5 Å². The standard InChI is InChI=1S/C23H40N2O6/c1-4-5-6-7-8-11-14-24-21(26)25-17-18(28-20-19(17)30-22(2,3)31-20)16-15-27-23(29-16)12-9-10-13-23/h16-20H,4-15H2,1-3H3,(H2,24,25,26)/t16-,17+,18-,19-,20-/m1/s1. The summed E-state index contributed by atoms with van der Waals surface area (Å²) in [5.74, 6) is -1.22. The molecule has 3 saturated heterocycles. The summed E-state index contributed by atoms with van der Waals surface area (Å²) in [4.78, 5) is 12.6. The van der Waals surface area contributed by atoms with Crippen molar-refractivity contribution in [1.29, 1.82) is 0 Å². The Balaban J connectivity index is 1.30. The number of unbranched alkanes of at least 4 members (excludes halogenated alkanes) is 5. The third-order valence-corrected chi connectivity index (χ3v) is 6.81. The normalized spacial score (nSPS) is 35.5. The molecule has 0 radical (unpaired) electrons.